The van der Waals surface area contributed by atoms with Crippen LogP contribution in [-0.2, 0) is 0 Å². The van der Waals surface area contributed by atoms with Gasteiger partial charge in [-0.1, -0.05) is 41.9 Å². The van der Waals surface area contributed by atoms with Gasteiger partial charge in [-0.25, -0.2) is 0 Å². The fourth-order valence-electron chi connectivity index (χ4n) is 3.28. The van der Waals surface area contributed by atoms with Gasteiger partial charge in [-0.2, -0.15) is 0 Å². The molecule has 1 heterocycles. The Hall–Kier alpha value is -3.57. The van der Waals surface area contributed by atoms with E-state index in [0.29, 0.717) is 38.6 Å². The highest BCUT2D eigenvalue weighted by Crippen LogP contribution is 2.34. The van der Waals surface area contributed by atoms with E-state index in [1.54, 1.807) is 42.5 Å². The first kappa shape index (κ1) is 19.7. The second-order valence-electron chi connectivity index (χ2n) is 6.75. The van der Waals surface area contributed by atoms with Crippen LogP contribution in [-0.4, -0.2) is 18.8 Å². The number of fused-ring (bicyclic) bond motifs is 1. The molecule has 0 radical (unpaired) electrons. The number of para-hydroxylation sites is 1. The molecule has 4 rings (SSSR count). The number of carbonyl (C=O) groups is 2. The molecule has 30 heavy (non-hydrogen) atoms. The lowest BCUT2D eigenvalue weighted by atomic mass is 10.1. The second kappa shape index (κ2) is 8.05. The van der Waals surface area contributed by atoms with Gasteiger partial charge in [0, 0.05) is 16.5 Å². The molecule has 1 aromatic heterocycles. The Labute approximate surface area is 178 Å². The number of aryl methyl sites for hydroxylation is 1. The average Bonchev–Trinajstić information content (AvgIpc) is 3.11. The number of carbonyl (C=O) groups excluding carboxylic acids is 2. The maximum absolute atomic E-state index is 13.2. The van der Waals surface area contributed by atoms with Crippen molar-refractivity contribution in [2.45, 2.75) is 6.92 Å². The molecule has 0 aliphatic rings. The van der Waals surface area contributed by atoms with Crippen molar-refractivity contribution in [3.05, 3.63) is 94.2 Å². The quantitative estimate of drug-likeness (QED) is 0.410. The van der Waals surface area contributed by atoms with Gasteiger partial charge in [0.2, 0.25) is 5.78 Å². The number of nitrogens with one attached hydrogen (secondary N) is 1. The summed E-state index contributed by atoms with van der Waals surface area (Å²) in [5.74, 6) is -0.206. The summed E-state index contributed by atoms with van der Waals surface area (Å²) < 4.78 is 11.0. The molecular weight excluding hydrogens is 402 g/mol. The minimum absolute atomic E-state index is 0.0411. The van der Waals surface area contributed by atoms with Crippen LogP contribution in [0.3, 0.4) is 0 Å². The summed E-state index contributed by atoms with van der Waals surface area (Å²) in [7, 11) is 1.50. The van der Waals surface area contributed by atoms with Gasteiger partial charge in [-0.3, -0.25) is 9.59 Å². The molecule has 6 heteroatoms. The first-order valence-corrected chi connectivity index (χ1v) is 9.64. The Morgan fingerprint density at radius 2 is 1.73 bits per heavy atom. The standard InChI is InChI=1S/C24H18ClNO4/c1-14-7-3-4-8-16(14)24(28)26-21-17-9-5-6-10-19(17)30-23(21)22(27)15-11-12-20(29-2)18(25)13-15/h3-13H,1-2H3,(H,26,28). The monoisotopic (exact) mass is 419 g/mol. The number of benzene rings is 3. The third-order valence-electron chi connectivity index (χ3n) is 4.84. The maximum Gasteiger partial charge on any atom is 0.256 e. The summed E-state index contributed by atoms with van der Waals surface area (Å²) in [5, 5.41) is 3.82. The van der Waals surface area contributed by atoms with Crippen molar-refractivity contribution in [3.63, 3.8) is 0 Å². The highest BCUT2D eigenvalue weighted by atomic mass is 35.5. The molecule has 4 aromatic rings. The number of halogens is 1. The summed E-state index contributed by atoms with van der Waals surface area (Å²) in [5.41, 5.74) is 2.51. The van der Waals surface area contributed by atoms with Crippen molar-refractivity contribution in [1.82, 2.24) is 0 Å². The molecular formula is C24H18ClNO4. The molecule has 0 spiro atoms. The van der Waals surface area contributed by atoms with Crippen molar-refractivity contribution in [1.29, 1.82) is 0 Å². The van der Waals surface area contributed by atoms with Gasteiger partial charge < -0.3 is 14.5 Å². The summed E-state index contributed by atoms with van der Waals surface area (Å²) in [6, 6.07) is 19.1. The van der Waals surface area contributed by atoms with Crippen LogP contribution < -0.4 is 10.1 Å². The predicted octanol–water partition coefficient (Wildman–Crippen LogP) is 5.89. The minimum Gasteiger partial charge on any atom is -0.495 e. The van der Waals surface area contributed by atoms with E-state index in [4.69, 9.17) is 20.8 Å². The van der Waals surface area contributed by atoms with E-state index in [2.05, 4.69) is 5.32 Å². The number of rotatable bonds is 5. The van der Waals surface area contributed by atoms with Gasteiger partial charge in [0.1, 0.15) is 11.3 Å². The summed E-state index contributed by atoms with van der Waals surface area (Å²) in [4.78, 5) is 26.2. The summed E-state index contributed by atoms with van der Waals surface area (Å²) >= 11 is 6.18. The molecule has 5 nitrogen and oxygen atoms in total. The van der Waals surface area contributed by atoms with Crippen molar-refractivity contribution in [3.8, 4) is 5.75 Å². The lowest BCUT2D eigenvalue weighted by molar-refractivity contribution is 0.101. The Balaban J connectivity index is 1.79. The summed E-state index contributed by atoms with van der Waals surface area (Å²) in [6.45, 7) is 1.85. The van der Waals surface area contributed by atoms with Crippen molar-refractivity contribution < 1.29 is 18.7 Å². The Kier molecular flexibility index (Phi) is 5.29. The van der Waals surface area contributed by atoms with Crippen molar-refractivity contribution in [2.75, 3.05) is 12.4 Å². The largest absolute Gasteiger partial charge is 0.495 e. The number of hydrogen-bond acceptors (Lipinski definition) is 4. The van der Waals surface area contributed by atoms with E-state index >= 15 is 0 Å². The third kappa shape index (κ3) is 3.55. The Bertz CT molecular complexity index is 1280. The van der Waals surface area contributed by atoms with E-state index in [-0.39, 0.29) is 11.7 Å². The van der Waals surface area contributed by atoms with Crippen molar-refractivity contribution >= 4 is 39.9 Å². The SMILES string of the molecule is COc1ccc(C(=O)c2oc3ccccc3c2NC(=O)c2ccccc2C)cc1Cl. The van der Waals surface area contributed by atoms with E-state index in [1.165, 1.54) is 13.2 Å². The normalized spacial score (nSPS) is 10.8. The van der Waals surface area contributed by atoms with Crippen LogP contribution in [0.2, 0.25) is 5.02 Å². The number of methoxy groups -OCH3 is 1. The molecule has 0 atom stereocenters. The van der Waals surface area contributed by atoms with E-state index in [1.807, 2.05) is 25.1 Å². The van der Waals surface area contributed by atoms with Crippen LogP contribution in [0.5, 0.6) is 5.75 Å². The zero-order valence-corrected chi connectivity index (χ0v) is 17.1. The first-order valence-electron chi connectivity index (χ1n) is 9.26. The molecule has 150 valence electrons. The first-order chi connectivity index (χ1) is 14.5. The highest BCUT2D eigenvalue weighted by Gasteiger charge is 2.24. The van der Waals surface area contributed by atoms with Crippen LogP contribution in [0.15, 0.2) is 71.1 Å². The maximum atomic E-state index is 13.2. The number of amides is 1. The lowest BCUT2D eigenvalue weighted by Crippen LogP contribution is -2.15. The third-order valence-corrected chi connectivity index (χ3v) is 5.14. The molecule has 0 bridgehead atoms. The topological polar surface area (TPSA) is 68.5 Å². The fourth-order valence-corrected chi connectivity index (χ4v) is 3.53. The predicted molar refractivity (Wildman–Crippen MR) is 117 cm³/mol. The molecule has 0 aliphatic heterocycles. The lowest BCUT2D eigenvalue weighted by Gasteiger charge is -2.09. The molecule has 1 N–H and O–H groups in total. The molecule has 0 unspecified atom stereocenters. The fraction of sp³-hybridized carbons (Fsp3) is 0.0833. The van der Waals surface area contributed by atoms with Crippen LogP contribution in [0.25, 0.3) is 11.0 Å². The van der Waals surface area contributed by atoms with Gasteiger partial charge in [0.25, 0.3) is 5.91 Å². The Morgan fingerprint density at radius 1 is 1.00 bits per heavy atom. The van der Waals surface area contributed by atoms with Crippen molar-refractivity contribution in [2.24, 2.45) is 0 Å². The zero-order valence-electron chi connectivity index (χ0n) is 16.4. The zero-order chi connectivity index (χ0) is 21.3. The number of furan rings is 1. The smallest absolute Gasteiger partial charge is 0.256 e. The molecule has 0 saturated heterocycles. The number of ether oxygens (including phenoxy) is 1. The molecule has 3 aromatic carbocycles. The van der Waals surface area contributed by atoms with E-state index in [0.717, 1.165) is 5.56 Å². The number of anilines is 1. The minimum atomic E-state index is -0.393. The van der Waals surface area contributed by atoms with Crippen LogP contribution in [0.4, 0.5) is 5.69 Å². The number of ketones is 1. The van der Waals surface area contributed by atoms with Gasteiger partial charge in [0.15, 0.2) is 5.76 Å². The second-order valence-corrected chi connectivity index (χ2v) is 7.16. The van der Waals surface area contributed by atoms with Crippen LogP contribution in [0, 0.1) is 6.92 Å². The highest BCUT2D eigenvalue weighted by molar-refractivity contribution is 6.32. The van der Waals surface area contributed by atoms with Crippen LogP contribution >= 0.6 is 11.6 Å². The van der Waals surface area contributed by atoms with Gasteiger partial charge in [-0.15, -0.1) is 0 Å². The Morgan fingerprint density at radius 3 is 2.47 bits per heavy atom. The van der Waals surface area contributed by atoms with Gasteiger partial charge >= 0.3 is 0 Å². The van der Waals surface area contributed by atoms with Gasteiger partial charge in [-0.05, 0) is 48.9 Å². The molecule has 0 aliphatic carbocycles. The molecule has 0 saturated carbocycles. The van der Waals surface area contributed by atoms with E-state index < -0.39 is 5.78 Å². The molecule has 1 amide bonds. The van der Waals surface area contributed by atoms with E-state index in [9.17, 15) is 9.59 Å². The number of hydrogen-bond donors (Lipinski definition) is 1. The van der Waals surface area contributed by atoms with Gasteiger partial charge in [0.05, 0.1) is 17.8 Å². The summed E-state index contributed by atoms with van der Waals surface area (Å²) in [6.07, 6.45) is 0. The average molecular weight is 420 g/mol. The molecule has 0 fully saturated rings. The van der Waals surface area contributed by atoms with Crippen LogP contribution in [0.1, 0.15) is 32.0 Å².